The molecule has 1 aromatic rings. The number of nitrogens with two attached hydrogens (primary N) is 1. The zero-order chi connectivity index (χ0) is 28.2. The second kappa shape index (κ2) is 15.3. The Bertz CT molecular complexity index is 931. The number of carbonyl (C=O) groups excluding carboxylic acids is 4. The van der Waals surface area contributed by atoms with Crippen molar-refractivity contribution < 1.29 is 38.1 Å². The molecule has 37 heavy (non-hydrogen) atoms. The standard InChI is InChI=1S/C28H43NO8/c1-8-11-18(4)25(31)36-22-14-13-21(15-23(22)37-26(32)19(5)12-9-2)17-28(29,27(33)34-7)16-20(6)35-24(30)10-3/h13-15,18-20H,8-12,16-17,29H2,1-7H3/t18?,19?,20?,28-/m1/s1. The number of esters is 4. The highest BCUT2D eigenvalue weighted by atomic mass is 16.6. The van der Waals surface area contributed by atoms with Crippen molar-refractivity contribution in [1.82, 2.24) is 0 Å². The summed E-state index contributed by atoms with van der Waals surface area (Å²) in [5, 5.41) is 0. The maximum absolute atomic E-state index is 12.7. The highest BCUT2D eigenvalue weighted by Gasteiger charge is 2.38. The third kappa shape index (κ3) is 10.1. The van der Waals surface area contributed by atoms with Gasteiger partial charge in [0.2, 0.25) is 0 Å². The van der Waals surface area contributed by atoms with Crippen molar-refractivity contribution in [2.45, 2.75) is 98.1 Å². The van der Waals surface area contributed by atoms with Crippen LogP contribution in [-0.4, -0.2) is 42.6 Å². The van der Waals surface area contributed by atoms with Crippen LogP contribution in [0.5, 0.6) is 11.5 Å². The molecule has 0 aliphatic rings. The van der Waals surface area contributed by atoms with Gasteiger partial charge in [0, 0.05) is 19.3 Å². The van der Waals surface area contributed by atoms with Gasteiger partial charge in [-0.1, -0.05) is 53.5 Å². The van der Waals surface area contributed by atoms with E-state index in [0.29, 0.717) is 18.4 Å². The lowest BCUT2D eigenvalue weighted by atomic mass is 9.86. The van der Waals surface area contributed by atoms with E-state index in [2.05, 4.69) is 0 Å². The van der Waals surface area contributed by atoms with Gasteiger partial charge in [0.1, 0.15) is 11.6 Å². The SMILES string of the molecule is CCCC(C)C(=O)Oc1ccc(C[C@](N)(CC(C)OC(=O)CC)C(=O)OC)cc1OC(=O)C(C)CCC. The summed E-state index contributed by atoms with van der Waals surface area (Å²) in [6, 6.07) is 4.71. The van der Waals surface area contributed by atoms with Gasteiger partial charge in [-0.2, -0.15) is 0 Å². The molecule has 0 radical (unpaired) electrons. The summed E-state index contributed by atoms with van der Waals surface area (Å²) < 4.78 is 21.5. The predicted octanol–water partition coefficient (Wildman–Crippen LogP) is 4.51. The van der Waals surface area contributed by atoms with Gasteiger partial charge in [0.05, 0.1) is 18.9 Å². The topological polar surface area (TPSA) is 131 Å². The van der Waals surface area contributed by atoms with Crippen LogP contribution >= 0.6 is 0 Å². The number of rotatable bonds is 15. The van der Waals surface area contributed by atoms with Crippen molar-refractivity contribution in [2.24, 2.45) is 17.6 Å². The molecule has 0 spiro atoms. The number of hydrogen-bond acceptors (Lipinski definition) is 9. The molecule has 4 atom stereocenters. The summed E-state index contributed by atoms with van der Waals surface area (Å²) in [6.07, 6.45) is 2.51. The fourth-order valence-corrected chi connectivity index (χ4v) is 4.00. The number of carbonyl (C=O) groups is 4. The maximum atomic E-state index is 12.7. The normalized spacial score (nSPS) is 15.0. The van der Waals surface area contributed by atoms with Gasteiger partial charge >= 0.3 is 23.9 Å². The van der Waals surface area contributed by atoms with Crippen LogP contribution in [0.1, 0.15) is 85.6 Å². The number of methoxy groups -OCH3 is 1. The highest BCUT2D eigenvalue weighted by Crippen LogP contribution is 2.32. The van der Waals surface area contributed by atoms with E-state index < -0.39 is 35.5 Å². The Morgan fingerprint density at radius 3 is 1.92 bits per heavy atom. The smallest absolute Gasteiger partial charge is 0.326 e. The number of hydrogen-bond donors (Lipinski definition) is 1. The third-order valence-electron chi connectivity index (χ3n) is 6.06. The Labute approximate surface area is 220 Å². The van der Waals surface area contributed by atoms with E-state index in [9.17, 15) is 19.2 Å². The van der Waals surface area contributed by atoms with E-state index in [4.69, 9.17) is 24.7 Å². The Morgan fingerprint density at radius 1 is 0.892 bits per heavy atom. The lowest BCUT2D eigenvalue weighted by Gasteiger charge is -2.29. The van der Waals surface area contributed by atoms with E-state index in [1.54, 1.807) is 33.8 Å². The molecule has 3 unspecified atom stereocenters. The number of benzene rings is 1. The van der Waals surface area contributed by atoms with E-state index in [1.807, 2.05) is 13.8 Å². The summed E-state index contributed by atoms with van der Waals surface area (Å²) in [7, 11) is 1.23. The molecule has 9 heteroatoms. The second-order valence-corrected chi connectivity index (χ2v) is 9.69. The van der Waals surface area contributed by atoms with E-state index in [1.165, 1.54) is 19.2 Å². The Hall–Kier alpha value is -2.94. The fraction of sp³-hybridized carbons (Fsp3) is 0.643. The van der Waals surface area contributed by atoms with Gasteiger partial charge in [-0.3, -0.25) is 19.2 Å². The zero-order valence-corrected chi connectivity index (χ0v) is 23.3. The van der Waals surface area contributed by atoms with Gasteiger partial charge in [-0.05, 0) is 37.5 Å². The molecule has 1 rings (SSSR count). The van der Waals surface area contributed by atoms with E-state index >= 15 is 0 Å². The summed E-state index contributed by atoms with van der Waals surface area (Å²) in [6.45, 7) is 10.8. The second-order valence-electron chi connectivity index (χ2n) is 9.69. The van der Waals surface area contributed by atoms with Crippen LogP contribution in [0.3, 0.4) is 0 Å². The molecule has 0 amide bonds. The van der Waals surface area contributed by atoms with Crippen molar-refractivity contribution in [1.29, 1.82) is 0 Å². The lowest BCUT2D eigenvalue weighted by molar-refractivity contribution is -0.154. The monoisotopic (exact) mass is 521 g/mol. The highest BCUT2D eigenvalue weighted by molar-refractivity contribution is 5.81. The molecule has 0 aliphatic heterocycles. The molecule has 0 aliphatic carbocycles. The fourth-order valence-electron chi connectivity index (χ4n) is 4.00. The first-order valence-corrected chi connectivity index (χ1v) is 13.0. The zero-order valence-electron chi connectivity index (χ0n) is 23.3. The molecule has 0 heterocycles. The average molecular weight is 522 g/mol. The summed E-state index contributed by atoms with van der Waals surface area (Å²) in [5.74, 6) is -2.46. The Balaban J connectivity index is 3.32. The minimum absolute atomic E-state index is 0.00319. The summed E-state index contributed by atoms with van der Waals surface area (Å²) in [4.78, 5) is 49.6. The van der Waals surface area contributed by atoms with Crippen LogP contribution in [0, 0.1) is 11.8 Å². The quantitative estimate of drug-likeness (QED) is 0.261. The van der Waals surface area contributed by atoms with Gasteiger partial charge in [-0.25, -0.2) is 0 Å². The molecule has 0 aromatic heterocycles. The Kier molecular flexibility index (Phi) is 13.3. The molecular formula is C28H43NO8. The van der Waals surface area contributed by atoms with Crippen LogP contribution in [-0.2, 0) is 35.1 Å². The molecular weight excluding hydrogens is 478 g/mol. The largest absolute Gasteiger partial charge is 0.468 e. The van der Waals surface area contributed by atoms with Crippen LogP contribution in [0.4, 0.5) is 0 Å². The van der Waals surface area contributed by atoms with E-state index in [-0.39, 0.29) is 42.6 Å². The third-order valence-corrected chi connectivity index (χ3v) is 6.06. The maximum Gasteiger partial charge on any atom is 0.326 e. The van der Waals surface area contributed by atoms with Gasteiger partial charge in [0.25, 0.3) is 0 Å². The summed E-state index contributed by atoms with van der Waals surface area (Å²) in [5.41, 5.74) is 5.50. The molecule has 0 saturated carbocycles. The van der Waals surface area contributed by atoms with Crippen molar-refractivity contribution >= 4 is 23.9 Å². The van der Waals surface area contributed by atoms with Crippen LogP contribution in [0.25, 0.3) is 0 Å². The van der Waals surface area contributed by atoms with Crippen molar-refractivity contribution in [3.05, 3.63) is 23.8 Å². The van der Waals surface area contributed by atoms with Crippen LogP contribution in [0.2, 0.25) is 0 Å². The minimum atomic E-state index is -1.52. The molecule has 0 saturated heterocycles. The van der Waals surface area contributed by atoms with Crippen molar-refractivity contribution in [3.63, 3.8) is 0 Å². The molecule has 9 nitrogen and oxygen atoms in total. The van der Waals surface area contributed by atoms with Gasteiger partial charge in [-0.15, -0.1) is 0 Å². The number of ether oxygens (including phenoxy) is 4. The van der Waals surface area contributed by atoms with Crippen molar-refractivity contribution in [2.75, 3.05) is 7.11 Å². The van der Waals surface area contributed by atoms with Crippen molar-refractivity contribution in [3.8, 4) is 11.5 Å². The van der Waals surface area contributed by atoms with Gasteiger partial charge in [0.15, 0.2) is 11.5 Å². The van der Waals surface area contributed by atoms with E-state index in [0.717, 1.165) is 12.8 Å². The minimum Gasteiger partial charge on any atom is -0.468 e. The average Bonchev–Trinajstić information content (AvgIpc) is 2.84. The Morgan fingerprint density at radius 2 is 1.43 bits per heavy atom. The van der Waals surface area contributed by atoms with Gasteiger partial charge < -0.3 is 24.7 Å². The predicted molar refractivity (Wildman–Crippen MR) is 139 cm³/mol. The van der Waals surface area contributed by atoms with Crippen LogP contribution < -0.4 is 15.2 Å². The van der Waals surface area contributed by atoms with Crippen LogP contribution in [0.15, 0.2) is 18.2 Å². The molecule has 0 bridgehead atoms. The lowest BCUT2D eigenvalue weighted by Crippen LogP contribution is -2.53. The molecule has 208 valence electrons. The first kappa shape index (κ1) is 32.1. The molecule has 0 fully saturated rings. The molecule has 1 aromatic carbocycles. The first-order valence-electron chi connectivity index (χ1n) is 13.0. The first-order chi connectivity index (χ1) is 17.4. The summed E-state index contributed by atoms with van der Waals surface area (Å²) >= 11 is 0. The molecule has 2 N–H and O–H groups in total.